The third-order valence-corrected chi connectivity index (χ3v) is 4.86. The largest absolute Gasteiger partial charge is 0.294 e. The highest BCUT2D eigenvalue weighted by Crippen LogP contribution is 2.27. The van der Waals surface area contributed by atoms with E-state index in [1.165, 1.54) is 11.3 Å². The first kappa shape index (κ1) is 15.6. The lowest BCUT2D eigenvalue weighted by atomic mass is 10.1. The molecule has 3 aromatic heterocycles. The predicted octanol–water partition coefficient (Wildman–Crippen LogP) is 3.91. The van der Waals surface area contributed by atoms with Crippen LogP contribution in [-0.4, -0.2) is 25.8 Å². The fraction of sp³-hybridized carbons (Fsp3) is 0.294. The van der Waals surface area contributed by atoms with Crippen LogP contribution in [0.1, 0.15) is 47.2 Å². The molecule has 5 nitrogen and oxygen atoms in total. The summed E-state index contributed by atoms with van der Waals surface area (Å²) in [6.45, 7) is 5.74. The molecule has 0 spiro atoms. The molecule has 0 radical (unpaired) electrons. The summed E-state index contributed by atoms with van der Waals surface area (Å²) in [6.07, 6.45) is 4.61. The zero-order valence-electron chi connectivity index (χ0n) is 13.4. The van der Waals surface area contributed by atoms with E-state index in [0.29, 0.717) is 0 Å². The predicted molar refractivity (Wildman–Crippen MR) is 90.7 cm³/mol. The van der Waals surface area contributed by atoms with Crippen LogP contribution in [0, 0.1) is 6.92 Å². The summed E-state index contributed by atoms with van der Waals surface area (Å²) in [6, 6.07) is 5.92. The molecule has 0 saturated heterocycles. The molecule has 3 aromatic rings. The van der Waals surface area contributed by atoms with Crippen molar-refractivity contribution in [2.45, 2.75) is 33.2 Å². The van der Waals surface area contributed by atoms with E-state index in [4.69, 9.17) is 0 Å². The maximum absolute atomic E-state index is 11.4. The Morgan fingerprint density at radius 1 is 1.43 bits per heavy atom. The summed E-state index contributed by atoms with van der Waals surface area (Å²) in [5.74, 6) is 0.0733. The van der Waals surface area contributed by atoms with E-state index in [1.807, 2.05) is 28.4 Å². The third-order valence-electron chi connectivity index (χ3n) is 3.82. The van der Waals surface area contributed by atoms with Crippen molar-refractivity contribution in [2.24, 2.45) is 0 Å². The first-order chi connectivity index (χ1) is 11.1. The molecular weight excluding hydrogens is 308 g/mol. The Labute approximate surface area is 139 Å². The fourth-order valence-electron chi connectivity index (χ4n) is 2.57. The summed E-state index contributed by atoms with van der Waals surface area (Å²) < 4.78 is 1.86. The molecule has 0 amide bonds. The van der Waals surface area contributed by atoms with Gasteiger partial charge in [-0.3, -0.25) is 9.78 Å². The Kier molecular flexibility index (Phi) is 4.34. The average molecular weight is 326 g/mol. The van der Waals surface area contributed by atoms with Crippen molar-refractivity contribution >= 4 is 17.1 Å². The maximum atomic E-state index is 11.4. The number of Topliss-reactive ketones (excluding diaryl/α,β-unsaturated/α-hetero) is 1. The molecule has 0 aromatic carbocycles. The van der Waals surface area contributed by atoms with Gasteiger partial charge in [-0.15, -0.1) is 16.4 Å². The van der Waals surface area contributed by atoms with Gasteiger partial charge in [0.05, 0.1) is 22.8 Å². The van der Waals surface area contributed by atoms with Crippen LogP contribution in [0.2, 0.25) is 0 Å². The molecule has 23 heavy (non-hydrogen) atoms. The van der Waals surface area contributed by atoms with Crippen molar-refractivity contribution in [2.75, 3.05) is 0 Å². The second-order valence-electron chi connectivity index (χ2n) is 5.47. The van der Waals surface area contributed by atoms with Gasteiger partial charge in [-0.1, -0.05) is 18.2 Å². The smallest absolute Gasteiger partial charge is 0.169 e. The molecule has 0 bridgehead atoms. The number of rotatable bonds is 5. The number of hydrogen-bond acceptors (Lipinski definition) is 5. The zero-order chi connectivity index (χ0) is 16.4. The minimum atomic E-state index is 0.0587. The molecule has 0 unspecified atom stereocenters. The van der Waals surface area contributed by atoms with Crippen molar-refractivity contribution in [1.82, 2.24) is 20.0 Å². The number of pyridine rings is 1. The van der Waals surface area contributed by atoms with Crippen LogP contribution in [0.5, 0.6) is 0 Å². The molecule has 3 heterocycles. The number of carbonyl (C=O) groups is 1. The minimum Gasteiger partial charge on any atom is -0.294 e. The van der Waals surface area contributed by atoms with Gasteiger partial charge in [0.25, 0.3) is 0 Å². The quantitative estimate of drug-likeness (QED) is 0.667. The summed E-state index contributed by atoms with van der Waals surface area (Å²) in [4.78, 5) is 16.7. The fourth-order valence-corrected chi connectivity index (χ4v) is 3.37. The van der Waals surface area contributed by atoms with E-state index in [0.717, 1.165) is 33.8 Å². The number of thiophene rings is 1. The van der Waals surface area contributed by atoms with Gasteiger partial charge in [0.2, 0.25) is 0 Å². The number of ketones is 1. The van der Waals surface area contributed by atoms with Gasteiger partial charge in [-0.2, -0.15) is 0 Å². The number of hydrogen-bond donors (Lipinski definition) is 0. The van der Waals surface area contributed by atoms with Crippen LogP contribution in [-0.2, 0) is 0 Å². The first-order valence-electron chi connectivity index (χ1n) is 7.53. The zero-order valence-corrected chi connectivity index (χ0v) is 14.2. The van der Waals surface area contributed by atoms with Crippen LogP contribution in [0.4, 0.5) is 0 Å². The Balaban J connectivity index is 1.93. The standard InChI is InChI=1S/C17H18N4OS/c1-4-15(17-11(2)6-5-7-18-17)21-9-14(19-20-21)13-8-16(12(3)22)23-10-13/h5-10,15H,4H2,1-3H3/t15-/m1/s1. The number of carbonyl (C=O) groups excluding carboxylic acids is 1. The van der Waals surface area contributed by atoms with Gasteiger partial charge in [-0.05, 0) is 38.0 Å². The second kappa shape index (κ2) is 6.42. The van der Waals surface area contributed by atoms with Gasteiger partial charge in [0.1, 0.15) is 5.69 Å². The van der Waals surface area contributed by atoms with Crippen molar-refractivity contribution < 1.29 is 4.79 Å². The molecule has 3 rings (SSSR count). The Morgan fingerprint density at radius 3 is 2.91 bits per heavy atom. The van der Waals surface area contributed by atoms with E-state index >= 15 is 0 Å². The molecule has 0 fully saturated rings. The van der Waals surface area contributed by atoms with Gasteiger partial charge in [0.15, 0.2) is 5.78 Å². The van der Waals surface area contributed by atoms with Crippen LogP contribution < -0.4 is 0 Å². The molecule has 0 N–H and O–H groups in total. The summed E-state index contributed by atoms with van der Waals surface area (Å²) in [7, 11) is 0. The highest BCUT2D eigenvalue weighted by molar-refractivity contribution is 7.12. The van der Waals surface area contributed by atoms with Crippen molar-refractivity contribution in [3.63, 3.8) is 0 Å². The van der Waals surface area contributed by atoms with Crippen molar-refractivity contribution in [3.8, 4) is 11.3 Å². The molecule has 0 aliphatic rings. The lowest BCUT2D eigenvalue weighted by Crippen LogP contribution is -2.13. The lowest BCUT2D eigenvalue weighted by molar-refractivity contribution is 0.102. The molecule has 0 aliphatic heterocycles. The third kappa shape index (κ3) is 3.07. The molecule has 0 aliphatic carbocycles. The average Bonchev–Trinajstić information content (AvgIpc) is 3.18. The Bertz CT molecular complexity index is 836. The van der Waals surface area contributed by atoms with Gasteiger partial charge in [-0.25, -0.2) is 4.68 Å². The Morgan fingerprint density at radius 2 is 2.26 bits per heavy atom. The maximum Gasteiger partial charge on any atom is 0.169 e. The summed E-state index contributed by atoms with van der Waals surface area (Å²) in [5.41, 5.74) is 3.87. The van der Waals surface area contributed by atoms with Gasteiger partial charge >= 0.3 is 0 Å². The molecule has 6 heteroatoms. The van der Waals surface area contributed by atoms with Crippen LogP contribution >= 0.6 is 11.3 Å². The first-order valence-corrected chi connectivity index (χ1v) is 8.41. The highest BCUT2D eigenvalue weighted by atomic mass is 32.1. The van der Waals surface area contributed by atoms with Crippen molar-refractivity contribution in [3.05, 3.63) is 52.1 Å². The van der Waals surface area contributed by atoms with Gasteiger partial charge in [0, 0.05) is 17.1 Å². The highest BCUT2D eigenvalue weighted by Gasteiger charge is 2.18. The van der Waals surface area contributed by atoms with E-state index < -0.39 is 0 Å². The normalized spacial score (nSPS) is 12.3. The summed E-state index contributed by atoms with van der Waals surface area (Å²) in [5, 5.41) is 10.5. The summed E-state index contributed by atoms with van der Waals surface area (Å²) >= 11 is 1.44. The minimum absolute atomic E-state index is 0.0587. The van der Waals surface area contributed by atoms with E-state index in [9.17, 15) is 4.79 Å². The van der Waals surface area contributed by atoms with E-state index in [1.54, 1.807) is 13.1 Å². The lowest BCUT2D eigenvalue weighted by Gasteiger charge is -2.16. The number of aromatic nitrogens is 4. The Hall–Kier alpha value is -2.34. The van der Waals surface area contributed by atoms with Crippen LogP contribution in [0.3, 0.4) is 0 Å². The van der Waals surface area contributed by atoms with Crippen molar-refractivity contribution in [1.29, 1.82) is 0 Å². The monoisotopic (exact) mass is 326 g/mol. The van der Waals surface area contributed by atoms with E-state index in [2.05, 4.69) is 35.2 Å². The van der Waals surface area contributed by atoms with E-state index in [-0.39, 0.29) is 11.8 Å². The molecule has 1 atom stereocenters. The molecular formula is C17H18N4OS. The SMILES string of the molecule is CC[C@H](c1ncccc1C)n1cc(-c2csc(C(C)=O)c2)nn1. The topological polar surface area (TPSA) is 60.7 Å². The van der Waals surface area contributed by atoms with Crippen LogP contribution in [0.15, 0.2) is 36.0 Å². The second-order valence-corrected chi connectivity index (χ2v) is 6.38. The molecule has 118 valence electrons. The van der Waals surface area contributed by atoms with Crippen LogP contribution in [0.25, 0.3) is 11.3 Å². The number of nitrogens with zero attached hydrogens (tertiary/aromatic N) is 4. The number of aryl methyl sites for hydroxylation is 1. The molecule has 0 saturated carbocycles. The van der Waals surface area contributed by atoms with Gasteiger partial charge < -0.3 is 0 Å².